The van der Waals surface area contributed by atoms with Crippen LogP contribution in [0.4, 0.5) is 0 Å². The summed E-state index contributed by atoms with van der Waals surface area (Å²) in [4.78, 5) is 15.6. The average Bonchev–Trinajstić information content (AvgIpc) is 2.44. The van der Waals surface area contributed by atoms with Crippen LogP contribution >= 0.6 is 0 Å². The van der Waals surface area contributed by atoms with Gasteiger partial charge in [-0.05, 0) is 12.1 Å². The van der Waals surface area contributed by atoms with Gasteiger partial charge in [0.1, 0.15) is 5.75 Å². The number of aromatic hydroxyl groups is 1. The van der Waals surface area contributed by atoms with Crippen molar-refractivity contribution in [1.29, 1.82) is 0 Å². The minimum absolute atomic E-state index is 0. The number of rotatable bonds is 1. The van der Waals surface area contributed by atoms with Gasteiger partial charge in [0.2, 0.25) is 0 Å². The molecule has 1 aromatic heterocycles. The Morgan fingerprint density at radius 3 is 2.80 bits per heavy atom. The van der Waals surface area contributed by atoms with Gasteiger partial charge in [-0.15, -0.1) is 0 Å². The molecule has 0 atom stereocenters. The zero-order valence-electron chi connectivity index (χ0n) is 9.60. The second kappa shape index (κ2) is 5.13. The molecule has 1 aromatic carbocycles. The standard InChI is InChI=1S/C10H9NO3.K.H/c1-7(12)14-11-6-10(13)8-4-2-3-5-9(8)11;;/h2-6,13H,1H3;;/q;+1;-1. The van der Waals surface area contributed by atoms with Gasteiger partial charge in [-0.25, -0.2) is 4.79 Å². The first kappa shape index (κ1) is 12.7. The summed E-state index contributed by atoms with van der Waals surface area (Å²) in [5.41, 5.74) is 0.667. The van der Waals surface area contributed by atoms with Crippen molar-refractivity contribution in [2.24, 2.45) is 0 Å². The molecule has 15 heavy (non-hydrogen) atoms. The Hall–Kier alpha value is -0.334. The van der Waals surface area contributed by atoms with E-state index in [1.165, 1.54) is 17.9 Å². The fraction of sp³-hybridized carbons (Fsp3) is 0.100. The van der Waals surface area contributed by atoms with Crippen LogP contribution in [-0.2, 0) is 4.79 Å². The van der Waals surface area contributed by atoms with Crippen LogP contribution in [0.5, 0.6) is 5.75 Å². The third kappa shape index (κ3) is 2.62. The number of carbonyl (C=O) groups is 1. The molecule has 74 valence electrons. The molecule has 0 fully saturated rings. The minimum Gasteiger partial charge on any atom is -1.00 e. The molecule has 0 saturated heterocycles. The molecule has 0 aliphatic rings. The summed E-state index contributed by atoms with van der Waals surface area (Å²) in [6.45, 7) is 1.31. The van der Waals surface area contributed by atoms with E-state index in [0.29, 0.717) is 10.9 Å². The molecule has 5 heteroatoms. The molecule has 0 aliphatic heterocycles. The first-order valence-corrected chi connectivity index (χ1v) is 4.16. The Bertz CT molecular complexity index is 498. The molecule has 0 bridgehead atoms. The molecule has 0 spiro atoms. The monoisotopic (exact) mass is 231 g/mol. The van der Waals surface area contributed by atoms with Crippen LogP contribution in [-0.4, -0.2) is 15.8 Å². The molecular weight excluding hydrogens is 221 g/mol. The third-order valence-electron chi connectivity index (χ3n) is 1.88. The van der Waals surface area contributed by atoms with E-state index in [4.69, 9.17) is 4.84 Å². The van der Waals surface area contributed by atoms with Crippen molar-refractivity contribution in [3.63, 3.8) is 0 Å². The first-order chi connectivity index (χ1) is 6.68. The van der Waals surface area contributed by atoms with Crippen LogP contribution < -0.4 is 56.2 Å². The Morgan fingerprint density at radius 1 is 1.47 bits per heavy atom. The summed E-state index contributed by atoms with van der Waals surface area (Å²) in [6, 6.07) is 7.13. The predicted octanol–water partition coefficient (Wildman–Crippen LogP) is -1.56. The smallest absolute Gasteiger partial charge is 1.00 e. The van der Waals surface area contributed by atoms with Crippen molar-refractivity contribution in [3.05, 3.63) is 30.5 Å². The number of para-hydroxylation sites is 1. The molecule has 0 aliphatic carbocycles. The fourth-order valence-electron chi connectivity index (χ4n) is 1.35. The summed E-state index contributed by atoms with van der Waals surface area (Å²) in [5.74, 6) is -0.326. The van der Waals surface area contributed by atoms with Gasteiger partial charge in [0.05, 0.1) is 11.7 Å². The van der Waals surface area contributed by atoms with Crippen molar-refractivity contribution in [1.82, 2.24) is 4.73 Å². The van der Waals surface area contributed by atoms with E-state index in [2.05, 4.69) is 0 Å². The number of aromatic nitrogens is 1. The van der Waals surface area contributed by atoms with Gasteiger partial charge in [-0.3, -0.25) is 0 Å². The number of carbonyl (C=O) groups excluding carboxylic acids is 1. The number of benzene rings is 1. The summed E-state index contributed by atoms with van der Waals surface area (Å²) in [7, 11) is 0. The average molecular weight is 231 g/mol. The van der Waals surface area contributed by atoms with E-state index in [-0.39, 0.29) is 58.6 Å². The van der Waals surface area contributed by atoms with Crippen LogP contribution in [0.3, 0.4) is 0 Å². The van der Waals surface area contributed by atoms with E-state index < -0.39 is 5.97 Å². The maximum absolute atomic E-state index is 10.7. The molecule has 2 rings (SSSR count). The van der Waals surface area contributed by atoms with E-state index in [1.54, 1.807) is 18.2 Å². The Morgan fingerprint density at radius 2 is 2.13 bits per heavy atom. The minimum atomic E-state index is -0.425. The second-order valence-corrected chi connectivity index (χ2v) is 2.94. The number of hydrogen-bond donors (Lipinski definition) is 1. The molecular formula is C10H10KNO3. The van der Waals surface area contributed by atoms with Gasteiger partial charge < -0.3 is 11.4 Å². The van der Waals surface area contributed by atoms with Crippen LogP contribution in [0.25, 0.3) is 10.9 Å². The topological polar surface area (TPSA) is 51.5 Å². The Balaban J connectivity index is 0.00000112. The summed E-state index contributed by atoms with van der Waals surface area (Å²) in [6.07, 6.45) is 1.37. The van der Waals surface area contributed by atoms with Gasteiger partial charge in [-0.2, -0.15) is 4.73 Å². The summed E-state index contributed by atoms with van der Waals surface area (Å²) >= 11 is 0. The fourth-order valence-corrected chi connectivity index (χ4v) is 1.35. The number of nitrogens with zero attached hydrogens (tertiary/aromatic N) is 1. The SMILES string of the molecule is CC(=O)On1cc(O)c2ccccc21.[H-].[K+]. The normalized spacial score (nSPS) is 9.67. The Labute approximate surface area is 131 Å². The summed E-state index contributed by atoms with van der Waals surface area (Å²) < 4.78 is 1.26. The molecule has 0 saturated carbocycles. The van der Waals surface area contributed by atoms with E-state index in [0.717, 1.165) is 0 Å². The van der Waals surface area contributed by atoms with Crippen molar-refractivity contribution in [2.45, 2.75) is 6.92 Å². The summed E-state index contributed by atoms with van der Waals surface area (Å²) in [5, 5.41) is 10.2. The molecule has 1 N–H and O–H groups in total. The van der Waals surface area contributed by atoms with E-state index >= 15 is 0 Å². The van der Waals surface area contributed by atoms with Crippen molar-refractivity contribution in [3.8, 4) is 5.75 Å². The van der Waals surface area contributed by atoms with Crippen molar-refractivity contribution in [2.75, 3.05) is 0 Å². The van der Waals surface area contributed by atoms with Gasteiger partial charge in [0, 0.05) is 12.3 Å². The van der Waals surface area contributed by atoms with Crippen molar-refractivity contribution < 1.29 is 67.5 Å². The van der Waals surface area contributed by atoms with Crippen LogP contribution in [0.1, 0.15) is 8.35 Å². The number of fused-ring (bicyclic) bond motifs is 1. The van der Waals surface area contributed by atoms with Crippen molar-refractivity contribution >= 4 is 16.9 Å². The van der Waals surface area contributed by atoms with Gasteiger partial charge in [-0.1, -0.05) is 12.1 Å². The second-order valence-electron chi connectivity index (χ2n) is 2.94. The molecule has 0 unspecified atom stereocenters. The molecule has 4 nitrogen and oxygen atoms in total. The molecule has 1 heterocycles. The zero-order chi connectivity index (χ0) is 10.1. The molecule has 0 amide bonds. The zero-order valence-corrected chi connectivity index (χ0v) is 11.7. The maximum atomic E-state index is 10.7. The van der Waals surface area contributed by atoms with Crippen LogP contribution in [0.15, 0.2) is 30.5 Å². The van der Waals surface area contributed by atoms with Crippen LogP contribution in [0.2, 0.25) is 0 Å². The number of hydrogen-bond acceptors (Lipinski definition) is 3. The van der Waals surface area contributed by atoms with E-state index in [1.807, 2.05) is 6.07 Å². The quantitative estimate of drug-likeness (QED) is 0.604. The van der Waals surface area contributed by atoms with E-state index in [9.17, 15) is 9.90 Å². The largest absolute Gasteiger partial charge is 1.00 e. The van der Waals surface area contributed by atoms with Crippen LogP contribution in [0, 0.1) is 0 Å². The maximum Gasteiger partial charge on any atom is 1.00 e. The van der Waals surface area contributed by atoms with Gasteiger partial charge in [0.15, 0.2) is 0 Å². The predicted molar refractivity (Wildman–Crippen MR) is 52.0 cm³/mol. The molecule has 0 radical (unpaired) electrons. The Kier molecular flexibility index (Phi) is 4.36. The molecule has 2 aromatic rings. The van der Waals surface area contributed by atoms with Gasteiger partial charge in [0.25, 0.3) is 0 Å². The van der Waals surface area contributed by atoms with Gasteiger partial charge >= 0.3 is 57.4 Å². The first-order valence-electron chi connectivity index (χ1n) is 4.16. The third-order valence-corrected chi connectivity index (χ3v) is 1.88.